The number of carboxylic acids is 1. The van der Waals surface area contributed by atoms with E-state index in [1.54, 1.807) is 30.3 Å². The maximum atomic E-state index is 13.0. The highest BCUT2D eigenvalue weighted by molar-refractivity contribution is 6.31. The van der Waals surface area contributed by atoms with E-state index in [0.29, 0.717) is 21.8 Å². The molecule has 118 valence electrons. The van der Waals surface area contributed by atoms with Crippen molar-refractivity contribution in [3.05, 3.63) is 76.8 Å². The standard InChI is InChI=1S/C19H12ClNO3/c20-13-8-6-12(7-9-13)19(18(23)24)17(22)15-10-5-11-3-1-2-4-14(11)16(15)21-19/h1-10,21H,(H,23,24)/t19-/m1/s1. The number of aliphatic carboxylic acids is 1. The molecule has 0 fully saturated rings. The molecule has 3 aromatic carbocycles. The minimum absolute atomic E-state index is 0.352. The van der Waals surface area contributed by atoms with Crippen LogP contribution in [0.15, 0.2) is 60.7 Å². The third-order valence-electron chi connectivity index (χ3n) is 4.42. The predicted molar refractivity (Wildman–Crippen MR) is 92.7 cm³/mol. The Kier molecular flexibility index (Phi) is 3.11. The fraction of sp³-hybridized carbons (Fsp3) is 0.0526. The van der Waals surface area contributed by atoms with Gasteiger partial charge in [-0.2, -0.15) is 0 Å². The van der Waals surface area contributed by atoms with Crippen molar-refractivity contribution in [2.45, 2.75) is 5.54 Å². The molecule has 2 N–H and O–H groups in total. The van der Waals surface area contributed by atoms with E-state index in [1.807, 2.05) is 30.3 Å². The minimum atomic E-state index is -1.84. The highest BCUT2D eigenvalue weighted by Crippen LogP contribution is 2.43. The van der Waals surface area contributed by atoms with Gasteiger partial charge in [0.25, 0.3) is 0 Å². The van der Waals surface area contributed by atoms with Gasteiger partial charge in [0.15, 0.2) is 0 Å². The van der Waals surface area contributed by atoms with Crippen LogP contribution in [0.2, 0.25) is 5.02 Å². The van der Waals surface area contributed by atoms with Gasteiger partial charge in [0.05, 0.1) is 5.69 Å². The van der Waals surface area contributed by atoms with Crippen LogP contribution < -0.4 is 5.32 Å². The van der Waals surface area contributed by atoms with E-state index in [-0.39, 0.29) is 0 Å². The highest BCUT2D eigenvalue weighted by atomic mass is 35.5. The molecule has 0 bridgehead atoms. The van der Waals surface area contributed by atoms with E-state index < -0.39 is 17.3 Å². The first-order valence-corrected chi connectivity index (χ1v) is 7.76. The second-order valence-corrected chi connectivity index (χ2v) is 6.16. The maximum absolute atomic E-state index is 13.0. The number of benzene rings is 3. The first kappa shape index (κ1) is 14.7. The Morgan fingerprint density at radius 3 is 2.42 bits per heavy atom. The van der Waals surface area contributed by atoms with Gasteiger partial charge in [-0.1, -0.05) is 54.1 Å². The van der Waals surface area contributed by atoms with Gasteiger partial charge in [-0.3, -0.25) is 4.79 Å². The number of carbonyl (C=O) groups is 2. The normalized spacial score (nSPS) is 19.1. The van der Waals surface area contributed by atoms with Crippen molar-refractivity contribution in [2.75, 3.05) is 5.32 Å². The van der Waals surface area contributed by atoms with Crippen molar-refractivity contribution >= 4 is 39.8 Å². The molecule has 0 saturated heterocycles. The molecular formula is C19H12ClNO3. The lowest BCUT2D eigenvalue weighted by molar-refractivity contribution is -0.140. The fourth-order valence-corrected chi connectivity index (χ4v) is 3.34. The van der Waals surface area contributed by atoms with E-state index in [4.69, 9.17) is 11.6 Å². The molecule has 1 aliphatic rings. The van der Waals surface area contributed by atoms with Gasteiger partial charge in [-0.25, -0.2) is 4.79 Å². The summed E-state index contributed by atoms with van der Waals surface area (Å²) < 4.78 is 0. The molecule has 0 spiro atoms. The van der Waals surface area contributed by atoms with Crippen LogP contribution in [0.5, 0.6) is 0 Å². The number of ketones is 1. The number of rotatable bonds is 2. The summed E-state index contributed by atoms with van der Waals surface area (Å²) in [7, 11) is 0. The zero-order valence-electron chi connectivity index (χ0n) is 12.4. The largest absolute Gasteiger partial charge is 0.479 e. The second-order valence-electron chi connectivity index (χ2n) is 5.73. The molecule has 1 aliphatic heterocycles. The summed E-state index contributed by atoms with van der Waals surface area (Å²) in [4.78, 5) is 25.1. The van der Waals surface area contributed by atoms with Crippen molar-refractivity contribution < 1.29 is 14.7 Å². The zero-order chi connectivity index (χ0) is 16.9. The molecule has 3 aromatic rings. The SMILES string of the molecule is O=C(O)[C@]1(c2ccc(Cl)cc2)Nc2c(ccc3ccccc23)C1=O. The summed E-state index contributed by atoms with van der Waals surface area (Å²) >= 11 is 5.89. The number of carbonyl (C=O) groups excluding carboxylic acids is 1. The smallest absolute Gasteiger partial charge is 0.342 e. The van der Waals surface area contributed by atoms with E-state index in [1.165, 1.54) is 0 Å². The van der Waals surface area contributed by atoms with Gasteiger partial charge in [0.1, 0.15) is 0 Å². The molecule has 0 unspecified atom stereocenters. The van der Waals surface area contributed by atoms with E-state index in [0.717, 1.165) is 10.8 Å². The van der Waals surface area contributed by atoms with Gasteiger partial charge in [0, 0.05) is 16.0 Å². The van der Waals surface area contributed by atoms with E-state index >= 15 is 0 Å². The molecule has 4 rings (SSSR count). The van der Waals surface area contributed by atoms with E-state index in [9.17, 15) is 14.7 Å². The number of Topliss-reactive ketones (excluding diaryl/α,β-unsaturated/α-hetero) is 1. The Morgan fingerprint density at radius 1 is 1.00 bits per heavy atom. The highest BCUT2D eigenvalue weighted by Gasteiger charge is 2.53. The summed E-state index contributed by atoms with van der Waals surface area (Å²) in [5, 5.41) is 15.1. The molecule has 0 radical (unpaired) electrons. The number of hydrogen-bond donors (Lipinski definition) is 2. The van der Waals surface area contributed by atoms with Crippen molar-refractivity contribution in [2.24, 2.45) is 0 Å². The lowest BCUT2D eigenvalue weighted by atomic mass is 9.86. The summed E-state index contributed by atoms with van der Waals surface area (Å²) in [5.74, 6) is -1.71. The number of nitrogens with one attached hydrogen (secondary N) is 1. The average molecular weight is 338 g/mol. The lowest BCUT2D eigenvalue weighted by Crippen LogP contribution is -2.46. The number of halogens is 1. The monoisotopic (exact) mass is 337 g/mol. The molecule has 0 aromatic heterocycles. The van der Waals surface area contributed by atoms with Gasteiger partial charge in [-0.05, 0) is 29.1 Å². The van der Waals surface area contributed by atoms with Gasteiger partial charge >= 0.3 is 5.97 Å². The van der Waals surface area contributed by atoms with E-state index in [2.05, 4.69) is 5.32 Å². The third-order valence-corrected chi connectivity index (χ3v) is 4.68. The van der Waals surface area contributed by atoms with Crippen LogP contribution in [0.1, 0.15) is 15.9 Å². The predicted octanol–water partition coefficient (Wildman–Crippen LogP) is 4.08. The quantitative estimate of drug-likeness (QED) is 0.691. The Morgan fingerprint density at radius 2 is 1.71 bits per heavy atom. The Bertz CT molecular complexity index is 997. The third kappa shape index (κ3) is 1.87. The molecule has 0 saturated carbocycles. The second kappa shape index (κ2) is 5.08. The van der Waals surface area contributed by atoms with Crippen LogP contribution in [0.4, 0.5) is 5.69 Å². The van der Waals surface area contributed by atoms with Crippen LogP contribution in [-0.2, 0) is 10.3 Å². The van der Waals surface area contributed by atoms with Crippen molar-refractivity contribution in [3.63, 3.8) is 0 Å². The molecule has 5 heteroatoms. The van der Waals surface area contributed by atoms with Crippen molar-refractivity contribution in [1.29, 1.82) is 0 Å². The topological polar surface area (TPSA) is 66.4 Å². The molecule has 4 nitrogen and oxygen atoms in total. The number of hydrogen-bond acceptors (Lipinski definition) is 3. The van der Waals surface area contributed by atoms with Gasteiger partial charge in [-0.15, -0.1) is 0 Å². The molecule has 1 heterocycles. The average Bonchev–Trinajstić information content (AvgIpc) is 2.90. The van der Waals surface area contributed by atoms with Crippen LogP contribution >= 0.6 is 11.6 Å². The van der Waals surface area contributed by atoms with Gasteiger partial charge in [0.2, 0.25) is 11.3 Å². The zero-order valence-corrected chi connectivity index (χ0v) is 13.2. The molecule has 0 aliphatic carbocycles. The Hall–Kier alpha value is -2.85. The number of fused-ring (bicyclic) bond motifs is 3. The van der Waals surface area contributed by atoms with Crippen LogP contribution in [0, 0.1) is 0 Å². The molecule has 24 heavy (non-hydrogen) atoms. The fourth-order valence-electron chi connectivity index (χ4n) is 3.22. The Balaban J connectivity index is 1.98. The lowest BCUT2D eigenvalue weighted by Gasteiger charge is -2.24. The first-order chi connectivity index (χ1) is 11.5. The molecule has 1 atom stereocenters. The minimum Gasteiger partial charge on any atom is -0.479 e. The molecular weight excluding hydrogens is 326 g/mol. The van der Waals surface area contributed by atoms with Crippen LogP contribution in [0.3, 0.4) is 0 Å². The first-order valence-electron chi connectivity index (χ1n) is 7.38. The van der Waals surface area contributed by atoms with Crippen LogP contribution in [-0.4, -0.2) is 16.9 Å². The number of anilines is 1. The Labute approximate surface area is 142 Å². The summed E-state index contributed by atoms with van der Waals surface area (Å²) in [6, 6.07) is 17.3. The maximum Gasteiger partial charge on any atom is 0.342 e. The van der Waals surface area contributed by atoms with Crippen molar-refractivity contribution in [1.82, 2.24) is 0 Å². The summed E-state index contributed by atoms with van der Waals surface area (Å²) in [5.41, 5.74) is -0.553. The van der Waals surface area contributed by atoms with Crippen LogP contribution in [0.25, 0.3) is 10.8 Å². The summed E-state index contributed by atoms with van der Waals surface area (Å²) in [6.45, 7) is 0. The number of carboxylic acid groups (broad SMARTS) is 1. The van der Waals surface area contributed by atoms with Crippen molar-refractivity contribution in [3.8, 4) is 0 Å². The molecule has 0 amide bonds. The van der Waals surface area contributed by atoms with Gasteiger partial charge < -0.3 is 10.4 Å². The summed E-state index contributed by atoms with van der Waals surface area (Å²) in [6.07, 6.45) is 0.